The highest BCUT2D eigenvalue weighted by Gasteiger charge is 2.24. The Hall–Kier alpha value is -3.55. The van der Waals surface area contributed by atoms with Gasteiger partial charge in [0.15, 0.2) is 11.5 Å². The van der Waals surface area contributed by atoms with E-state index in [1.807, 2.05) is 24.0 Å². The van der Waals surface area contributed by atoms with Gasteiger partial charge in [-0.3, -0.25) is 0 Å². The summed E-state index contributed by atoms with van der Waals surface area (Å²) in [5.74, 6) is 1.98. The smallest absolute Gasteiger partial charge is 0.229 e. The fourth-order valence-electron chi connectivity index (χ4n) is 4.56. The Labute approximate surface area is 200 Å². The second kappa shape index (κ2) is 8.66. The molecule has 1 aliphatic heterocycles. The van der Waals surface area contributed by atoms with Crippen LogP contribution in [0.25, 0.3) is 11.2 Å². The van der Waals surface area contributed by atoms with Gasteiger partial charge in [-0.2, -0.15) is 9.97 Å². The van der Waals surface area contributed by atoms with Crippen molar-refractivity contribution in [3.8, 4) is 0 Å². The molecule has 5 rings (SSSR count). The molecule has 0 aliphatic carbocycles. The highest BCUT2D eigenvalue weighted by molar-refractivity contribution is 5.87. The first-order chi connectivity index (χ1) is 16.3. The summed E-state index contributed by atoms with van der Waals surface area (Å²) in [5, 5.41) is 3.61. The second-order valence-corrected chi connectivity index (χ2v) is 10.2. The molecular formula is C26H32N8. The summed E-state index contributed by atoms with van der Waals surface area (Å²) < 4.78 is 1.98. The van der Waals surface area contributed by atoms with E-state index in [2.05, 4.69) is 71.1 Å². The van der Waals surface area contributed by atoms with Crippen LogP contribution < -0.4 is 10.2 Å². The summed E-state index contributed by atoms with van der Waals surface area (Å²) in [6.45, 7) is 10.6. The van der Waals surface area contributed by atoms with Crippen molar-refractivity contribution >= 4 is 28.6 Å². The first-order valence-electron chi connectivity index (χ1n) is 11.9. The third-order valence-electron chi connectivity index (χ3n) is 6.75. The summed E-state index contributed by atoms with van der Waals surface area (Å²) in [6, 6.07) is 6.60. The number of hydrogen-bond donors (Lipinski definition) is 1. The van der Waals surface area contributed by atoms with Gasteiger partial charge < -0.3 is 14.8 Å². The van der Waals surface area contributed by atoms with Crippen molar-refractivity contribution in [1.29, 1.82) is 0 Å². The van der Waals surface area contributed by atoms with Gasteiger partial charge in [-0.1, -0.05) is 32.9 Å². The summed E-state index contributed by atoms with van der Waals surface area (Å²) in [7, 11) is 1.98. The third-order valence-corrected chi connectivity index (χ3v) is 6.75. The topological polar surface area (TPSA) is 84.7 Å². The first kappa shape index (κ1) is 22.3. The largest absolute Gasteiger partial charge is 0.341 e. The van der Waals surface area contributed by atoms with Crippen LogP contribution in [0, 0.1) is 6.92 Å². The maximum atomic E-state index is 5.00. The maximum absolute atomic E-state index is 5.00. The Balaban J connectivity index is 1.45. The lowest BCUT2D eigenvalue weighted by molar-refractivity contribution is 0.497. The number of nitrogens with zero attached hydrogens (tertiary/aromatic N) is 7. The monoisotopic (exact) mass is 456 g/mol. The molecule has 1 fully saturated rings. The summed E-state index contributed by atoms with van der Waals surface area (Å²) in [5.41, 5.74) is 6.40. The Morgan fingerprint density at radius 3 is 2.47 bits per heavy atom. The SMILES string of the molecule is Cc1ccc(C(C)(C)C)cc1Nc1nc(N2CCC(c3cncnc3)CC2)nc2ncn(C)c12. The second-order valence-electron chi connectivity index (χ2n) is 10.2. The number of nitrogens with one attached hydrogen (secondary N) is 1. The summed E-state index contributed by atoms with van der Waals surface area (Å²) in [6.07, 6.45) is 9.29. The van der Waals surface area contributed by atoms with Crippen molar-refractivity contribution in [2.24, 2.45) is 7.05 Å². The van der Waals surface area contributed by atoms with Gasteiger partial charge in [0.2, 0.25) is 5.95 Å². The zero-order valence-corrected chi connectivity index (χ0v) is 20.6. The number of benzene rings is 1. The molecule has 8 nitrogen and oxygen atoms in total. The number of aryl methyl sites for hydroxylation is 2. The van der Waals surface area contributed by atoms with Crippen LogP contribution in [0.3, 0.4) is 0 Å². The van der Waals surface area contributed by atoms with Crippen molar-refractivity contribution in [3.63, 3.8) is 0 Å². The van der Waals surface area contributed by atoms with Crippen molar-refractivity contribution in [2.75, 3.05) is 23.3 Å². The molecule has 1 saturated heterocycles. The van der Waals surface area contributed by atoms with E-state index in [1.165, 1.54) is 16.7 Å². The van der Waals surface area contributed by atoms with Crippen molar-refractivity contribution in [2.45, 2.75) is 51.9 Å². The van der Waals surface area contributed by atoms with E-state index < -0.39 is 0 Å². The van der Waals surface area contributed by atoms with Gasteiger partial charge in [0.1, 0.15) is 11.8 Å². The molecule has 1 aromatic carbocycles. The third kappa shape index (κ3) is 4.32. The minimum absolute atomic E-state index is 0.0664. The van der Waals surface area contributed by atoms with E-state index in [9.17, 15) is 0 Å². The van der Waals surface area contributed by atoms with Crippen LogP contribution in [0.1, 0.15) is 56.2 Å². The minimum Gasteiger partial charge on any atom is -0.341 e. The predicted octanol–water partition coefficient (Wildman–Crippen LogP) is 4.89. The number of piperidine rings is 1. The van der Waals surface area contributed by atoms with E-state index in [1.54, 1.807) is 12.7 Å². The van der Waals surface area contributed by atoms with Gasteiger partial charge in [-0.15, -0.1) is 0 Å². The Kier molecular flexibility index (Phi) is 5.67. The maximum Gasteiger partial charge on any atom is 0.229 e. The van der Waals surface area contributed by atoms with Crippen LogP contribution in [-0.4, -0.2) is 42.6 Å². The van der Waals surface area contributed by atoms with E-state index in [0.29, 0.717) is 11.6 Å². The molecule has 0 unspecified atom stereocenters. The van der Waals surface area contributed by atoms with E-state index in [4.69, 9.17) is 9.97 Å². The molecule has 4 heterocycles. The van der Waals surface area contributed by atoms with Crippen LogP contribution in [0.4, 0.5) is 17.5 Å². The first-order valence-corrected chi connectivity index (χ1v) is 11.9. The average molecular weight is 457 g/mol. The predicted molar refractivity (Wildman–Crippen MR) is 136 cm³/mol. The minimum atomic E-state index is 0.0664. The van der Waals surface area contributed by atoms with Crippen molar-refractivity contribution < 1.29 is 0 Å². The van der Waals surface area contributed by atoms with Gasteiger partial charge >= 0.3 is 0 Å². The number of rotatable bonds is 4. The van der Waals surface area contributed by atoms with Gasteiger partial charge in [0, 0.05) is 38.2 Å². The molecular weight excluding hydrogens is 424 g/mol. The molecule has 176 valence electrons. The number of anilines is 3. The number of aromatic nitrogens is 6. The lowest BCUT2D eigenvalue weighted by Gasteiger charge is -2.32. The summed E-state index contributed by atoms with van der Waals surface area (Å²) >= 11 is 0. The van der Waals surface area contributed by atoms with Crippen molar-refractivity contribution in [3.05, 3.63) is 59.9 Å². The lowest BCUT2D eigenvalue weighted by atomic mass is 9.86. The molecule has 0 spiro atoms. The van der Waals surface area contributed by atoms with Gasteiger partial charge in [0.05, 0.1) is 6.33 Å². The van der Waals surface area contributed by atoms with Crippen LogP contribution in [-0.2, 0) is 12.5 Å². The zero-order valence-electron chi connectivity index (χ0n) is 20.6. The van der Waals surface area contributed by atoms with Crippen LogP contribution >= 0.6 is 0 Å². The normalized spacial score (nSPS) is 15.1. The fourth-order valence-corrected chi connectivity index (χ4v) is 4.56. The lowest BCUT2D eigenvalue weighted by Crippen LogP contribution is -2.34. The van der Waals surface area contributed by atoms with Crippen LogP contribution in [0.2, 0.25) is 0 Å². The van der Waals surface area contributed by atoms with E-state index >= 15 is 0 Å². The molecule has 3 aromatic heterocycles. The summed E-state index contributed by atoms with van der Waals surface area (Å²) in [4.78, 5) is 25.0. The molecule has 0 atom stereocenters. The quantitative estimate of drug-likeness (QED) is 0.468. The average Bonchev–Trinajstić information content (AvgIpc) is 3.21. The highest BCUT2D eigenvalue weighted by atomic mass is 15.3. The number of hydrogen-bond acceptors (Lipinski definition) is 7. The molecule has 0 radical (unpaired) electrons. The molecule has 0 bridgehead atoms. The van der Waals surface area contributed by atoms with Gasteiger partial charge in [0.25, 0.3) is 0 Å². The zero-order chi connectivity index (χ0) is 23.9. The number of imidazole rings is 1. The van der Waals surface area contributed by atoms with Gasteiger partial charge in [-0.05, 0) is 53.9 Å². The Bertz CT molecular complexity index is 1300. The van der Waals surface area contributed by atoms with Gasteiger partial charge in [-0.25, -0.2) is 15.0 Å². The Morgan fingerprint density at radius 2 is 1.76 bits per heavy atom. The number of fused-ring (bicyclic) bond motifs is 1. The molecule has 4 aromatic rings. The molecule has 1 N–H and O–H groups in total. The molecule has 0 amide bonds. The molecule has 1 aliphatic rings. The van der Waals surface area contributed by atoms with E-state index in [0.717, 1.165) is 48.9 Å². The van der Waals surface area contributed by atoms with E-state index in [-0.39, 0.29) is 5.41 Å². The molecule has 0 saturated carbocycles. The standard InChI is InChI=1S/C26H32N8/c1-17-6-7-20(26(2,3)4)12-21(17)30-24-22-23(29-16-33(22)5)31-25(32-24)34-10-8-18(9-11-34)19-13-27-15-28-14-19/h6-7,12-16,18H,8-11H2,1-5H3,(H,30,31,32). The van der Waals surface area contributed by atoms with Crippen molar-refractivity contribution in [1.82, 2.24) is 29.5 Å². The van der Waals surface area contributed by atoms with Crippen LogP contribution in [0.15, 0.2) is 43.2 Å². The Morgan fingerprint density at radius 1 is 1.03 bits per heavy atom. The highest BCUT2D eigenvalue weighted by Crippen LogP contribution is 2.33. The molecule has 8 heteroatoms. The van der Waals surface area contributed by atoms with Crippen LogP contribution in [0.5, 0.6) is 0 Å². The fraction of sp³-hybridized carbons (Fsp3) is 0.423. The molecule has 34 heavy (non-hydrogen) atoms.